The molecule has 0 spiro atoms. The normalized spacial score (nSPS) is 13.0. The summed E-state index contributed by atoms with van der Waals surface area (Å²) in [4.78, 5) is 11.3. The average molecular weight is 581 g/mol. The molecule has 3 N–H and O–H groups in total. The Morgan fingerprint density at radius 3 is 2.34 bits per heavy atom. The molecule has 0 amide bonds. The van der Waals surface area contributed by atoms with Gasteiger partial charge in [0.1, 0.15) is 0 Å². The molecule has 222 valence electrons. The van der Waals surface area contributed by atoms with Gasteiger partial charge in [0.25, 0.3) is 0 Å². The third-order valence-corrected chi connectivity index (χ3v) is 9.28. The van der Waals surface area contributed by atoms with E-state index in [9.17, 15) is 18.3 Å². The van der Waals surface area contributed by atoms with Crippen molar-refractivity contribution in [2.75, 3.05) is 20.1 Å². The Bertz CT molecular complexity index is 1420. The molecule has 0 radical (unpaired) electrons. The number of aliphatic hydroxyl groups excluding tert-OH is 1. The molecule has 0 aromatic heterocycles. The van der Waals surface area contributed by atoms with Crippen molar-refractivity contribution >= 4 is 16.0 Å². The molecule has 0 saturated heterocycles. The summed E-state index contributed by atoms with van der Waals surface area (Å²) in [7, 11) is -2.34. The van der Waals surface area contributed by atoms with Gasteiger partial charge in [-0.2, -0.15) is 4.31 Å². The van der Waals surface area contributed by atoms with Gasteiger partial charge in [0, 0.05) is 32.1 Å². The van der Waals surface area contributed by atoms with Crippen molar-refractivity contribution in [2.24, 2.45) is 0 Å². The summed E-state index contributed by atoms with van der Waals surface area (Å²) in [6, 6.07) is 21.2. The van der Waals surface area contributed by atoms with Crippen molar-refractivity contribution in [2.45, 2.75) is 76.3 Å². The standard InChI is InChI=1S/C33H44N2O5S/c1-24-13-14-27(15-18-32(37)38)31(20-24)30-17-16-29(21-25(30)2)41(39,40)35(5)23-28(36)22-34-33(3,4)19-9-12-26-10-7-6-8-11-26/h6-8,10-11,13-14,16-17,20-21,28,34,36H,9,12,15,18-19,22-23H2,1-5H3,(H,37,38)/t28-/m1/s1. The number of aliphatic carboxylic acids is 1. The Labute approximate surface area is 245 Å². The number of benzene rings is 3. The molecule has 3 rings (SSSR count). The summed E-state index contributed by atoms with van der Waals surface area (Å²) in [6.07, 6.45) is 2.46. The summed E-state index contributed by atoms with van der Waals surface area (Å²) in [5.41, 5.74) is 5.61. The Balaban J connectivity index is 1.62. The zero-order chi connectivity index (χ0) is 30.2. The second-order valence-electron chi connectivity index (χ2n) is 11.6. The van der Waals surface area contributed by atoms with Crippen molar-refractivity contribution in [3.05, 3.63) is 89.0 Å². The number of rotatable bonds is 15. The molecule has 0 aliphatic heterocycles. The van der Waals surface area contributed by atoms with Gasteiger partial charge in [0.05, 0.1) is 11.0 Å². The Hall–Kier alpha value is -3.04. The summed E-state index contributed by atoms with van der Waals surface area (Å²) >= 11 is 0. The van der Waals surface area contributed by atoms with E-state index in [1.165, 1.54) is 16.9 Å². The summed E-state index contributed by atoms with van der Waals surface area (Å²) in [5, 5.41) is 23.2. The molecule has 0 unspecified atom stereocenters. The van der Waals surface area contributed by atoms with Crippen LogP contribution in [0.3, 0.4) is 0 Å². The Morgan fingerprint density at radius 1 is 0.976 bits per heavy atom. The molecule has 0 aliphatic carbocycles. The van der Waals surface area contributed by atoms with E-state index in [0.717, 1.165) is 47.1 Å². The van der Waals surface area contributed by atoms with Crippen LogP contribution < -0.4 is 5.32 Å². The molecule has 3 aromatic rings. The van der Waals surface area contributed by atoms with Gasteiger partial charge in [-0.15, -0.1) is 0 Å². The van der Waals surface area contributed by atoms with E-state index in [4.69, 9.17) is 5.11 Å². The Morgan fingerprint density at radius 2 is 1.68 bits per heavy atom. The predicted octanol–water partition coefficient (Wildman–Crippen LogP) is 5.36. The van der Waals surface area contributed by atoms with Gasteiger partial charge < -0.3 is 15.5 Å². The highest BCUT2D eigenvalue weighted by Gasteiger charge is 2.25. The lowest BCUT2D eigenvalue weighted by Crippen LogP contribution is -2.46. The fourth-order valence-corrected chi connectivity index (χ4v) is 6.29. The summed E-state index contributed by atoms with van der Waals surface area (Å²) in [5.74, 6) is -0.860. The fraction of sp³-hybridized carbons (Fsp3) is 0.424. The average Bonchev–Trinajstić information content (AvgIpc) is 2.91. The number of carboxylic acids is 1. The zero-order valence-electron chi connectivity index (χ0n) is 24.9. The van der Waals surface area contributed by atoms with Crippen LogP contribution in [0.15, 0.2) is 71.6 Å². The van der Waals surface area contributed by atoms with E-state index in [2.05, 4.69) is 31.3 Å². The number of hydrogen-bond donors (Lipinski definition) is 3. The van der Waals surface area contributed by atoms with Crippen molar-refractivity contribution in [3.63, 3.8) is 0 Å². The minimum absolute atomic E-state index is 0.0222. The number of likely N-dealkylation sites (N-methyl/N-ethyl adjacent to an activating group) is 1. The molecule has 41 heavy (non-hydrogen) atoms. The maximum Gasteiger partial charge on any atom is 0.303 e. The van der Waals surface area contributed by atoms with E-state index in [1.54, 1.807) is 18.2 Å². The quantitative estimate of drug-likeness (QED) is 0.223. The van der Waals surface area contributed by atoms with E-state index in [-0.39, 0.29) is 29.9 Å². The van der Waals surface area contributed by atoms with Crippen molar-refractivity contribution < 1.29 is 23.4 Å². The maximum atomic E-state index is 13.4. The van der Waals surface area contributed by atoms with Crippen LogP contribution in [0, 0.1) is 13.8 Å². The molecule has 1 atom stereocenters. The number of aryl methyl sites for hydroxylation is 4. The van der Waals surface area contributed by atoms with E-state index >= 15 is 0 Å². The van der Waals surface area contributed by atoms with Crippen LogP contribution in [-0.4, -0.2) is 60.7 Å². The molecular weight excluding hydrogens is 536 g/mol. The number of carbonyl (C=O) groups is 1. The first-order valence-electron chi connectivity index (χ1n) is 14.1. The SMILES string of the molecule is Cc1ccc(CCC(=O)O)c(-c2ccc(S(=O)(=O)N(C)C[C@H](O)CNC(C)(C)CCCc3ccccc3)cc2C)c1. The number of β-amino-alcohol motifs (C(OH)–C–C–N with tert-alkyl or cyclic N) is 1. The number of sulfonamides is 1. The largest absolute Gasteiger partial charge is 0.481 e. The van der Waals surface area contributed by atoms with Gasteiger partial charge in [0.2, 0.25) is 10.0 Å². The minimum Gasteiger partial charge on any atom is -0.481 e. The third-order valence-electron chi connectivity index (χ3n) is 7.46. The van der Waals surface area contributed by atoms with E-state index in [1.807, 2.05) is 50.2 Å². The molecule has 0 fully saturated rings. The first-order valence-corrected chi connectivity index (χ1v) is 15.6. The van der Waals surface area contributed by atoms with Gasteiger partial charge in [-0.25, -0.2) is 8.42 Å². The molecule has 3 aromatic carbocycles. The van der Waals surface area contributed by atoms with Gasteiger partial charge in [-0.1, -0.05) is 60.2 Å². The summed E-state index contributed by atoms with van der Waals surface area (Å²) in [6.45, 7) is 8.26. The number of hydrogen-bond acceptors (Lipinski definition) is 5. The number of nitrogens with one attached hydrogen (secondary N) is 1. The molecule has 7 nitrogen and oxygen atoms in total. The molecular formula is C33H44N2O5S. The smallest absolute Gasteiger partial charge is 0.303 e. The van der Waals surface area contributed by atoms with Gasteiger partial charge >= 0.3 is 5.97 Å². The second kappa shape index (κ2) is 14.2. The molecule has 0 saturated carbocycles. The minimum atomic E-state index is -3.83. The first kappa shape index (κ1) is 32.5. The lowest BCUT2D eigenvalue weighted by atomic mass is 9.92. The van der Waals surface area contributed by atoms with Gasteiger partial charge in [-0.3, -0.25) is 4.79 Å². The van der Waals surface area contributed by atoms with Crippen LogP contribution in [0.5, 0.6) is 0 Å². The number of carboxylic acid groups (broad SMARTS) is 1. The van der Waals surface area contributed by atoms with E-state index in [0.29, 0.717) is 6.42 Å². The van der Waals surface area contributed by atoms with Crippen molar-refractivity contribution in [1.29, 1.82) is 0 Å². The van der Waals surface area contributed by atoms with Crippen LogP contribution in [0.2, 0.25) is 0 Å². The van der Waals surface area contributed by atoms with Crippen molar-refractivity contribution in [1.82, 2.24) is 9.62 Å². The van der Waals surface area contributed by atoms with Gasteiger partial charge in [-0.05, 0) is 93.3 Å². The molecule has 8 heteroatoms. The highest BCUT2D eigenvalue weighted by molar-refractivity contribution is 7.89. The second-order valence-corrected chi connectivity index (χ2v) is 13.6. The fourth-order valence-electron chi connectivity index (χ4n) is 5.00. The van der Waals surface area contributed by atoms with Crippen LogP contribution in [0.25, 0.3) is 11.1 Å². The summed E-state index contributed by atoms with van der Waals surface area (Å²) < 4.78 is 27.9. The first-order chi connectivity index (χ1) is 19.3. The lowest BCUT2D eigenvalue weighted by Gasteiger charge is -2.29. The molecule has 0 heterocycles. The van der Waals surface area contributed by atoms with Crippen LogP contribution >= 0.6 is 0 Å². The monoisotopic (exact) mass is 580 g/mol. The highest BCUT2D eigenvalue weighted by atomic mass is 32.2. The lowest BCUT2D eigenvalue weighted by molar-refractivity contribution is -0.136. The van der Waals surface area contributed by atoms with Crippen LogP contribution in [0.4, 0.5) is 0 Å². The maximum absolute atomic E-state index is 13.4. The topological polar surface area (TPSA) is 107 Å². The Kier molecular flexibility index (Phi) is 11.3. The zero-order valence-corrected chi connectivity index (χ0v) is 25.7. The predicted molar refractivity (Wildman–Crippen MR) is 165 cm³/mol. The van der Waals surface area contributed by atoms with Gasteiger partial charge in [0.15, 0.2) is 0 Å². The molecule has 0 aliphatic rings. The van der Waals surface area contributed by atoms with Crippen molar-refractivity contribution in [3.8, 4) is 11.1 Å². The van der Waals surface area contributed by atoms with Crippen LogP contribution in [0.1, 0.15) is 55.4 Å². The number of nitrogens with zero attached hydrogens (tertiary/aromatic N) is 1. The van der Waals surface area contributed by atoms with Crippen LogP contribution in [-0.2, 0) is 27.7 Å². The molecule has 0 bridgehead atoms. The number of aliphatic hydroxyl groups is 1. The third kappa shape index (κ3) is 9.50. The highest BCUT2D eigenvalue weighted by Crippen LogP contribution is 2.31. The van der Waals surface area contributed by atoms with E-state index < -0.39 is 22.1 Å².